The third kappa shape index (κ3) is 2.65. The Labute approximate surface area is 124 Å². The minimum Gasteiger partial charge on any atom is -0.319 e. The fraction of sp³-hybridized carbons (Fsp3) is 0.600. The summed E-state index contributed by atoms with van der Waals surface area (Å²) in [5, 5.41) is 11.8. The van der Waals surface area contributed by atoms with E-state index in [4.69, 9.17) is 0 Å². The van der Waals surface area contributed by atoms with Gasteiger partial charge in [-0.25, -0.2) is 0 Å². The van der Waals surface area contributed by atoms with Crippen molar-refractivity contribution in [2.45, 2.75) is 51.6 Å². The zero-order chi connectivity index (χ0) is 14.1. The molecule has 20 heavy (non-hydrogen) atoms. The van der Waals surface area contributed by atoms with Crippen LogP contribution < -0.4 is 5.32 Å². The SMILES string of the molecule is CC(NC(C)c1nncn1C)c1cc2c(s1)CCCC2. The van der Waals surface area contributed by atoms with Crippen molar-refractivity contribution in [1.82, 2.24) is 20.1 Å². The number of thiophene rings is 1. The zero-order valence-corrected chi connectivity index (χ0v) is 13.2. The van der Waals surface area contributed by atoms with Crippen molar-refractivity contribution >= 4 is 11.3 Å². The van der Waals surface area contributed by atoms with Gasteiger partial charge >= 0.3 is 0 Å². The fourth-order valence-corrected chi connectivity index (χ4v) is 4.21. The predicted octanol–water partition coefficient (Wildman–Crippen LogP) is 3.17. The molecule has 0 saturated heterocycles. The highest BCUT2D eigenvalue weighted by Crippen LogP contribution is 2.33. The summed E-state index contributed by atoms with van der Waals surface area (Å²) in [6.45, 7) is 4.39. The molecule has 1 N–H and O–H groups in total. The molecule has 1 aliphatic carbocycles. The first kappa shape index (κ1) is 13.8. The van der Waals surface area contributed by atoms with Crippen LogP contribution in [0, 0.1) is 0 Å². The van der Waals surface area contributed by atoms with Crippen molar-refractivity contribution in [3.63, 3.8) is 0 Å². The minimum absolute atomic E-state index is 0.205. The highest BCUT2D eigenvalue weighted by Gasteiger charge is 2.19. The van der Waals surface area contributed by atoms with Crippen molar-refractivity contribution in [3.05, 3.63) is 33.5 Å². The number of rotatable bonds is 4. The lowest BCUT2D eigenvalue weighted by atomic mass is 9.99. The van der Waals surface area contributed by atoms with E-state index < -0.39 is 0 Å². The summed E-state index contributed by atoms with van der Waals surface area (Å²) in [6.07, 6.45) is 6.98. The second-order valence-electron chi connectivity index (χ2n) is 5.71. The largest absolute Gasteiger partial charge is 0.319 e. The predicted molar refractivity (Wildman–Crippen MR) is 81.9 cm³/mol. The minimum atomic E-state index is 0.205. The maximum Gasteiger partial charge on any atom is 0.149 e. The van der Waals surface area contributed by atoms with Crippen molar-refractivity contribution in [1.29, 1.82) is 0 Å². The summed E-state index contributed by atoms with van der Waals surface area (Å²) >= 11 is 1.98. The monoisotopic (exact) mass is 290 g/mol. The van der Waals surface area contributed by atoms with E-state index in [0.717, 1.165) is 5.82 Å². The molecule has 0 spiro atoms. The van der Waals surface area contributed by atoms with Crippen LogP contribution in [-0.4, -0.2) is 14.8 Å². The topological polar surface area (TPSA) is 42.7 Å². The Bertz CT molecular complexity index is 563. The Morgan fingerprint density at radius 2 is 2.05 bits per heavy atom. The van der Waals surface area contributed by atoms with E-state index in [2.05, 4.69) is 35.4 Å². The number of hydrogen-bond acceptors (Lipinski definition) is 4. The lowest BCUT2D eigenvalue weighted by Gasteiger charge is -2.18. The van der Waals surface area contributed by atoms with Crippen LogP contribution in [0.25, 0.3) is 0 Å². The van der Waals surface area contributed by atoms with Crippen LogP contribution in [0.5, 0.6) is 0 Å². The van der Waals surface area contributed by atoms with E-state index in [1.54, 1.807) is 16.8 Å². The summed E-state index contributed by atoms with van der Waals surface area (Å²) in [5.74, 6) is 0.984. The molecule has 5 heteroatoms. The van der Waals surface area contributed by atoms with Gasteiger partial charge in [-0.1, -0.05) is 0 Å². The molecule has 0 aliphatic heterocycles. The maximum atomic E-state index is 4.18. The van der Waals surface area contributed by atoms with Gasteiger partial charge in [-0.05, 0) is 51.2 Å². The first-order chi connectivity index (χ1) is 9.65. The van der Waals surface area contributed by atoms with Gasteiger partial charge in [0, 0.05) is 22.8 Å². The van der Waals surface area contributed by atoms with Gasteiger partial charge in [-0.3, -0.25) is 0 Å². The summed E-state index contributed by atoms with van der Waals surface area (Å²) in [4.78, 5) is 3.05. The normalized spacial score (nSPS) is 17.8. The summed E-state index contributed by atoms with van der Waals surface area (Å²) in [5.41, 5.74) is 1.58. The third-order valence-electron chi connectivity index (χ3n) is 4.08. The molecule has 108 valence electrons. The van der Waals surface area contributed by atoms with Crippen LogP contribution in [0.15, 0.2) is 12.4 Å². The van der Waals surface area contributed by atoms with Gasteiger partial charge in [0.1, 0.15) is 12.2 Å². The molecule has 3 rings (SSSR count). The lowest BCUT2D eigenvalue weighted by molar-refractivity contribution is 0.470. The first-order valence-electron chi connectivity index (χ1n) is 7.36. The third-order valence-corrected chi connectivity index (χ3v) is 5.50. The van der Waals surface area contributed by atoms with Crippen LogP contribution in [0.3, 0.4) is 0 Å². The molecule has 0 fully saturated rings. The van der Waals surface area contributed by atoms with Crippen LogP contribution in [-0.2, 0) is 19.9 Å². The van der Waals surface area contributed by atoms with Crippen molar-refractivity contribution in [2.75, 3.05) is 0 Å². The molecule has 0 bridgehead atoms. The molecule has 0 aromatic carbocycles. The van der Waals surface area contributed by atoms with Gasteiger partial charge in [0.05, 0.1) is 6.04 Å². The van der Waals surface area contributed by atoms with E-state index in [-0.39, 0.29) is 6.04 Å². The zero-order valence-electron chi connectivity index (χ0n) is 12.4. The standard InChI is InChI=1S/C15H22N4S/c1-10(17-11(2)15-18-16-9-19(15)3)14-8-12-6-4-5-7-13(12)20-14/h8-11,17H,4-7H2,1-3H3. The molecule has 1 aliphatic rings. The fourth-order valence-electron chi connectivity index (χ4n) is 2.94. The molecule has 2 atom stereocenters. The second-order valence-corrected chi connectivity index (χ2v) is 6.88. The summed E-state index contributed by atoms with van der Waals surface area (Å²) in [6, 6.07) is 2.97. The highest BCUT2D eigenvalue weighted by atomic mass is 32.1. The van der Waals surface area contributed by atoms with Gasteiger partial charge in [0.2, 0.25) is 0 Å². The lowest BCUT2D eigenvalue weighted by Crippen LogP contribution is -2.24. The van der Waals surface area contributed by atoms with Gasteiger partial charge in [-0.15, -0.1) is 21.5 Å². The van der Waals surface area contributed by atoms with Crippen LogP contribution in [0.2, 0.25) is 0 Å². The Kier molecular flexibility index (Phi) is 3.89. The first-order valence-corrected chi connectivity index (χ1v) is 8.18. The average Bonchev–Trinajstić information content (AvgIpc) is 3.04. The number of hydrogen-bond donors (Lipinski definition) is 1. The van der Waals surface area contributed by atoms with Gasteiger partial charge in [0.25, 0.3) is 0 Å². The molecule has 2 aromatic heterocycles. The van der Waals surface area contributed by atoms with E-state index in [0.29, 0.717) is 6.04 Å². The number of aryl methyl sites for hydroxylation is 3. The van der Waals surface area contributed by atoms with Gasteiger partial charge in [0.15, 0.2) is 0 Å². The van der Waals surface area contributed by atoms with Crippen LogP contribution in [0.4, 0.5) is 0 Å². The van der Waals surface area contributed by atoms with Crippen molar-refractivity contribution < 1.29 is 0 Å². The molecule has 0 amide bonds. The Morgan fingerprint density at radius 1 is 1.25 bits per heavy atom. The van der Waals surface area contributed by atoms with Crippen LogP contribution >= 0.6 is 11.3 Å². The number of nitrogens with zero attached hydrogens (tertiary/aromatic N) is 3. The number of fused-ring (bicyclic) bond motifs is 1. The quantitative estimate of drug-likeness (QED) is 0.940. The molecule has 0 saturated carbocycles. The molecular formula is C15H22N4S. The Morgan fingerprint density at radius 3 is 2.75 bits per heavy atom. The second kappa shape index (κ2) is 5.66. The molecular weight excluding hydrogens is 268 g/mol. The van der Waals surface area contributed by atoms with E-state index in [1.807, 2.05) is 23.0 Å². The Balaban J connectivity index is 1.71. The van der Waals surface area contributed by atoms with Crippen LogP contribution in [0.1, 0.15) is 59.9 Å². The number of aromatic nitrogens is 3. The van der Waals surface area contributed by atoms with Crippen molar-refractivity contribution in [3.8, 4) is 0 Å². The van der Waals surface area contributed by atoms with Crippen molar-refractivity contribution in [2.24, 2.45) is 7.05 Å². The van der Waals surface area contributed by atoms with E-state index in [9.17, 15) is 0 Å². The highest BCUT2D eigenvalue weighted by molar-refractivity contribution is 7.12. The smallest absolute Gasteiger partial charge is 0.149 e. The molecule has 0 radical (unpaired) electrons. The summed E-state index contributed by atoms with van der Waals surface area (Å²) in [7, 11) is 1.99. The average molecular weight is 290 g/mol. The maximum absolute atomic E-state index is 4.18. The van der Waals surface area contributed by atoms with E-state index in [1.165, 1.54) is 30.6 Å². The molecule has 2 unspecified atom stereocenters. The Hall–Kier alpha value is -1.20. The molecule has 4 nitrogen and oxygen atoms in total. The van der Waals surface area contributed by atoms with Gasteiger partial charge < -0.3 is 9.88 Å². The molecule has 2 aromatic rings. The molecule has 2 heterocycles. The summed E-state index contributed by atoms with van der Waals surface area (Å²) < 4.78 is 1.98. The number of nitrogens with one attached hydrogen (secondary N) is 1. The van der Waals surface area contributed by atoms with Gasteiger partial charge in [-0.2, -0.15) is 0 Å². The van der Waals surface area contributed by atoms with E-state index >= 15 is 0 Å².